The second kappa shape index (κ2) is 5.97. The molecule has 1 aromatic rings. The quantitative estimate of drug-likeness (QED) is 0.861. The zero-order chi connectivity index (χ0) is 15.6. The van der Waals surface area contributed by atoms with Crippen molar-refractivity contribution >= 4 is 21.5 Å². The molecule has 0 radical (unpaired) electrons. The van der Waals surface area contributed by atoms with Gasteiger partial charge in [-0.3, -0.25) is 0 Å². The minimum absolute atomic E-state index is 0.0389. The molecule has 2 heterocycles. The third-order valence-electron chi connectivity index (χ3n) is 3.44. The maximum atomic E-state index is 11.4. The van der Waals surface area contributed by atoms with Gasteiger partial charge in [0.25, 0.3) is 0 Å². The van der Waals surface area contributed by atoms with E-state index in [0.29, 0.717) is 24.4 Å². The summed E-state index contributed by atoms with van der Waals surface area (Å²) in [5.74, 6) is -0.359. The van der Waals surface area contributed by atoms with E-state index in [0.717, 1.165) is 0 Å². The van der Waals surface area contributed by atoms with Crippen molar-refractivity contribution < 1.29 is 18.3 Å². The highest BCUT2D eigenvalue weighted by Gasteiger charge is 2.25. The molecule has 1 saturated heterocycles. The molecule has 0 aromatic carbocycles. The van der Waals surface area contributed by atoms with Crippen LogP contribution in [0.1, 0.15) is 48.9 Å². The monoisotopic (exact) mass is 313 g/mol. The lowest BCUT2D eigenvalue weighted by Gasteiger charge is -2.24. The summed E-state index contributed by atoms with van der Waals surface area (Å²) in [4.78, 5) is 19.5. The van der Waals surface area contributed by atoms with E-state index >= 15 is 0 Å². The first-order valence-corrected chi connectivity index (χ1v) is 8.68. The number of nitrogens with zero attached hydrogens (tertiary/aromatic N) is 2. The molecule has 0 saturated carbocycles. The lowest BCUT2D eigenvalue weighted by atomic mass is 10.1. The minimum Gasteiger partial charge on any atom is -0.476 e. The minimum atomic E-state index is -2.94. The Bertz CT molecular complexity index is 629. The molecule has 0 spiro atoms. The van der Waals surface area contributed by atoms with Crippen LogP contribution in [0.5, 0.6) is 0 Å². The van der Waals surface area contributed by atoms with Crippen LogP contribution >= 0.6 is 0 Å². The van der Waals surface area contributed by atoms with Crippen LogP contribution in [-0.2, 0) is 9.84 Å². The summed E-state index contributed by atoms with van der Waals surface area (Å²) in [7, 11) is -2.94. The molecule has 2 N–H and O–H groups in total. The summed E-state index contributed by atoms with van der Waals surface area (Å²) in [5.41, 5.74) is 0.276. The maximum absolute atomic E-state index is 11.4. The predicted molar refractivity (Wildman–Crippen MR) is 78.4 cm³/mol. The highest BCUT2D eigenvalue weighted by Crippen LogP contribution is 2.21. The number of hydrogen-bond acceptors (Lipinski definition) is 6. The van der Waals surface area contributed by atoms with Gasteiger partial charge in [-0.25, -0.2) is 23.2 Å². The Labute approximate surface area is 123 Å². The molecule has 1 aliphatic rings. The van der Waals surface area contributed by atoms with Crippen LogP contribution in [-0.4, -0.2) is 47.0 Å². The summed E-state index contributed by atoms with van der Waals surface area (Å²) in [6.45, 7) is 3.78. The van der Waals surface area contributed by atoms with Gasteiger partial charge in [-0.1, -0.05) is 13.8 Å². The molecule has 7 nitrogen and oxygen atoms in total. The molecule has 1 aliphatic heterocycles. The molecular weight excluding hydrogens is 294 g/mol. The molecule has 116 valence electrons. The number of aromatic carboxylic acids is 1. The van der Waals surface area contributed by atoms with E-state index in [1.807, 2.05) is 13.8 Å². The maximum Gasteiger partial charge on any atom is 0.356 e. The fourth-order valence-corrected chi connectivity index (χ4v) is 3.69. The third-order valence-corrected chi connectivity index (χ3v) is 5.16. The largest absolute Gasteiger partial charge is 0.476 e. The number of aromatic nitrogens is 2. The number of nitrogens with one attached hydrogen (secondary N) is 1. The van der Waals surface area contributed by atoms with Crippen LogP contribution in [0.2, 0.25) is 0 Å². The SMILES string of the molecule is CC(C)c1ncc(NC2CCS(=O)(=O)CC2)c(C(=O)O)n1. The first kappa shape index (κ1) is 15.7. The van der Waals surface area contributed by atoms with Gasteiger partial charge in [0.15, 0.2) is 5.69 Å². The van der Waals surface area contributed by atoms with Crippen LogP contribution in [0.25, 0.3) is 0 Å². The zero-order valence-electron chi connectivity index (χ0n) is 12.0. The van der Waals surface area contributed by atoms with Crippen molar-refractivity contribution in [1.29, 1.82) is 0 Å². The van der Waals surface area contributed by atoms with Gasteiger partial charge in [-0.15, -0.1) is 0 Å². The third kappa shape index (κ3) is 3.90. The Hall–Kier alpha value is -1.70. The highest BCUT2D eigenvalue weighted by atomic mass is 32.2. The number of rotatable bonds is 4. The Kier molecular flexibility index (Phi) is 4.46. The van der Waals surface area contributed by atoms with Gasteiger partial charge in [0.05, 0.1) is 23.4 Å². The van der Waals surface area contributed by atoms with Gasteiger partial charge in [0.1, 0.15) is 15.7 Å². The number of anilines is 1. The number of carboxylic acid groups (broad SMARTS) is 1. The summed E-state index contributed by atoms with van der Waals surface area (Å²) < 4.78 is 22.8. The first-order chi connectivity index (χ1) is 9.78. The van der Waals surface area contributed by atoms with Crippen molar-refractivity contribution in [2.45, 2.75) is 38.6 Å². The molecule has 1 fully saturated rings. The summed E-state index contributed by atoms with van der Waals surface area (Å²) in [6, 6.07) is -0.0693. The predicted octanol–water partition coefficient (Wildman–Crippen LogP) is 1.29. The number of carbonyl (C=O) groups is 1. The molecule has 0 bridgehead atoms. The lowest BCUT2D eigenvalue weighted by molar-refractivity contribution is 0.0691. The Morgan fingerprint density at radius 2 is 2.00 bits per heavy atom. The van der Waals surface area contributed by atoms with Crippen LogP contribution in [0.3, 0.4) is 0 Å². The van der Waals surface area contributed by atoms with Crippen molar-refractivity contribution in [3.05, 3.63) is 17.7 Å². The second-order valence-electron chi connectivity index (χ2n) is 5.52. The van der Waals surface area contributed by atoms with Crippen LogP contribution < -0.4 is 5.32 Å². The van der Waals surface area contributed by atoms with Crippen molar-refractivity contribution in [1.82, 2.24) is 9.97 Å². The molecule has 8 heteroatoms. The molecule has 1 aromatic heterocycles. The van der Waals surface area contributed by atoms with Gasteiger partial charge in [-0.05, 0) is 12.8 Å². The van der Waals surface area contributed by atoms with E-state index in [1.165, 1.54) is 6.20 Å². The van der Waals surface area contributed by atoms with Crippen LogP contribution in [0.15, 0.2) is 6.20 Å². The Morgan fingerprint density at radius 1 is 1.38 bits per heavy atom. The van der Waals surface area contributed by atoms with E-state index in [1.54, 1.807) is 0 Å². The van der Waals surface area contributed by atoms with Crippen molar-refractivity contribution in [3.8, 4) is 0 Å². The average Bonchev–Trinajstić information content (AvgIpc) is 2.41. The zero-order valence-corrected chi connectivity index (χ0v) is 12.9. The molecule has 0 amide bonds. The van der Waals surface area contributed by atoms with E-state index < -0.39 is 15.8 Å². The summed E-state index contributed by atoms with van der Waals surface area (Å²) in [6.07, 6.45) is 2.40. The van der Waals surface area contributed by atoms with Crippen LogP contribution in [0.4, 0.5) is 5.69 Å². The number of carboxylic acids is 1. The smallest absolute Gasteiger partial charge is 0.356 e. The topological polar surface area (TPSA) is 109 Å². The van der Waals surface area contributed by atoms with Gasteiger partial charge in [-0.2, -0.15) is 0 Å². The molecule has 0 unspecified atom stereocenters. The molecule has 21 heavy (non-hydrogen) atoms. The number of hydrogen-bond donors (Lipinski definition) is 2. The number of sulfone groups is 1. The van der Waals surface area contributed by atoms with Crippen LogP contribution in [0, 0.1) is 0 Å². The molecular formula is C13H19N3O4S. The fraction of sp³-hybridized carbons (Fsp3) is 0.615. The van der Waals surface area contributed by atoms with Crippen molar-refractivity contribution in [2.24, 2.45) is 0 Å². The highest BCUT2D eigenvalue weighted by molar-refractivity contribution is 7.91. The van der Waals surface area contributed by atoms with Crippen molar-refractivity contribution in [3.63, 3.8) is 0 Å². The standard InChI is InChI=1S/C13H19N3O4S/c1-8(2)12-14-7-10(11(16-12)13(17)18)15-9-3-5-21(19,20)6-4-9/h7-9,15H,3-6H2,1-2H3,(H,17,18). The molecule has 0 atom stereocenters. The van der Waals surface area contributed by atoms with E-state index in [2.05, 4.69) is 15.3 Å². The van der Waals surface area contributed by atoms with E-state index in [-0.39, 0.29) is 29.2 Å². The Morgan fingerprint density at radius 3 is 2.52 bits per heavy atom. The van der Waals surface area contributed by atoms with Gasteiger partial charge < -0.3 is 10.4 Å². The first-order valence-electron chi connectivity index (χ1n) is 6.85. The van der Waals surface area contributed by atoms with Gasteiger partial charge in [0, 0.05) is 12.0 Å². The Balaban J connectivity index is 2.18. The van der Waals surface area contributed by atoms with Gasteiger partial charge >= 0.3 is 5.97 Å². The summed E-state index contributed by atoms with van der Waals surface area (Å²) in [5, 5.41) is 12.3. The summed E-state index contributed by atoms with van der Waals surface area (Å²) >= 11 is 0. The average molecular weight is 313 g/mol. The van der Waals surface area contributed by atoms with Gasteiger partial charge in [0.2, 0.25) is 0 Å². The fourth-order valence-electron chi connectivity index (χ4n) is 2.20. The van der Waals surface area contributed by atoms with Crippen molar-refractivity contribution in [2.75, 3.05) is 16.8 Å². The molecule has 0 aliphatic carbocycles. The van der Waals surface area contributed by atoms with E-state index in [9.17, 15) is 18.3 Å². The second-order valence-corrected chi connectivity index (χ2v) is 7.82. The van der Waals surface area contributed by atoms with E-state index in [4.69, 9.17) is 0 Å². The lowest BCUT2D eigenvalue weighted by Crippen LogP contribution is -2.32. The molecule has 2 rings (SSSR count). The normalized spacial score (nSPS) is 18.6.